The number of fused-ring (bicyclic) bond motifs is 5. The summed E-state index contributed by atoms with van der Waals surface area (Å²) in [4.78, 5) is 0. The first-order valence-corrected chi connectivity index (χ1v) is 14.7. The molecule has 3 saturated carbocycles. The molecule has 4 aliphatic carbocycles. The third-order valence-corrected chi connectivity index (χ3v) is 11.5. The van der Waals surface area contributed by atoms with Gasteiger partial charge in [0, 0.05) is 6.07 Å². The summed E-state index contributed by atoms with van der Waals surface area (Å²) < 4.78 is 11.3. The van der Waals surface area contributed by atoms with Crippen LogP contribution >= 0.6 is 0 Å². The molecule has 0 unspecified atom stereocenters. The predicted molar refractivity (Wildman–Crippen MR) is 141 cm³/mol. The molecule has 202 valence electrons. The van der Waals surface area contributed by atoms with E-state index in [1.807, 2.05) is 6.07 Å². The van der Waals surface area contributed by atoms with Gasteiger partial charge in [-0.2, -0.15) is 0 Å². The molecule has 0 aromatic carbocycles. The summed E-state index contributed by atoms with van der Waals surface area (Å²) in [6.07, 6.45) is 13.6. The van der Waals surface area contributed by atoms with E-state index < -0.39 is 6.10 Å². The molecule has 0 amide bonds. The molecule has 3 fully saturated rings. The van der Waals surface area contributed by atoms with Crippen LogP contribution in [0.5, 0.6) is 0 Å². The van der Waals surface area contributed by atoms with Crippen molar-refractivity contribution < 1.29 is 19.5 Å². The van der Waals surface area contributed by atoms with Crippen molar-refractivity contribution in [3.63, 3.8) is 0 Å². The van der Waals surface area contributed by atoms with E-state index in [0.29, 0.717) is 35.5 Å². The van der Waals surface area contributed by atoms with E-state index in [2.05, 4.69) is 45.9 Å². The van der Waals surface area contributed by atoms with Crippen LogP contribution in [0.1, 0.15) is 98.2 Å². The van der Waals surface area contributed by atoms with E-state index in [1.165, 1.54) is 31.3 Å². The maximum Gasteiger partial charge on any atom is 0.162 e. The van der Waals surface area contributed by atoms with Crippen LogP contribution in [-0.2, 0) is 11.3 Å². The van der Waals surface area contributed by atoms with Crippen LogP contribution in [0.3, 0.4) is 0 Å². The highest BCUT2D eigenvalue weighted by atomic mass is 16.5. The van der Waals surface area contributed by atoms with Crippen molar-refractivity contribution in [2.45, 2.75) is 117 Å². The van der Waals surface area contributed by atoms with Crippen LogP contribution in [0.4, 0.5) is 0 Å². The SMILES string of the molecule is CC(C)[C@H](O)CC[C@@H](C)[C@H]1CC[C@H]2[C@@H]3CC=C4[C@@H](O)[C@@H](OCc5ccno5)CC[C@]4(C)[C@H]3CC[C@]12C. The van der Waals surface area contributed by atoms with Crippen LogP contribution in [0.15, 0.2) is 28.4 Å². The second-order valence-electron chi connectivity index (χ2n) is 13.6. The van der Waals surface area contributed by atoms with Gasteiger partial charge in [-0.05, 0) is 110 Å². The summed E-state index contributed by atoms with van der Waals surface area (Å²) in [6, 6.07) is 1.82. The van der Waals surface area contributed by atoms with Crippen LogP contribution < -0.4 is 0 Å². The number of aliphatic hydroxyl groups excluding tert-OH is 2. The fourth-order valence-corrected chi connectivity index (χ4v) is 9.33. The lowest BCUT2D eigenvalue weighted by molar-refractivity contribution is -0.103. The zero-order valence-corrected chi connectivity index (χ0v) is 23.2. The predicted octanol–water partition coefficient (Wildman–Crippen LogP) is 6.54. The molecule has 5 rings (SSSR count). The van der Waals surface area contributed by atoms with Crippen molar-refractivity contribution in [3.8, 4) is 0 Å². The zero-order valence-electron chi connectivity index (χ0n) is 23.2. The number of allylic oxidation sites excluding steroid dienone is 1. The second-order valence-corrected chi connectivity index (χ2v) is 13.6. The van der Waals surface area contributed by atoms with E-state index >= 15 is 0 Å². The Morgan fingerprint density at radius 2 is 1.89 bits per heavy atom. The Bertz CT molecular complexity index is 912. The molecular formula is C31H49NO4. The number of hydrogen-bond donors (Lipinski definition) is 2. The molecule has 1 aromatic heterocycles. The summed E-state index contributed by atoms with van der Waals surface area (Å²) >= 11 is 0. The third-order valence-electron chi connectivity index (χ3n) is 11.5. The van der Waals surface area contributed by atoms with Crippen molar-refractivity contribution >= 4 is 0 Å². The Morgan fingerprint density at radius 3 is 2.61 bits per heavy atom. The quantitative estimate of drug-likeness (QED) is 0.397. The summed E-state index contributed by atoms with van der Waals surface area (Å²) in [7, 11) is 0. The van der Waals surface area contributed by atoms with Gasteiger partial charge in [0.25, 0.3) is 0 Å². The van der Waals surface area contributed by atoms with E-state index in [4.69, 9.17) is 9.26 Å². The number of aliphatic hydroxyl groups is 2. The van der Waals surface area contributed by atoms with Gasteiger partial charge in [0.1, 0.15) is 12.7 Å². The fourth-order valence-electron chi connectivity index (χ4n) is 9.33. The molecule has 0 radical (unpaired) electrons. The number of ether oxygens (including phenoxy) is 1. The first kappa shape index (κ1) is 26.4. The molecule has 4 aliphatic rings. The highest BCUT2D eigenvalue weighted by Crippen LogP contribution is 2.67. The molecule has 2 N–H and O–H groups in total. The summed E-state index contributed by atoms with van der Waals surface area (Å²) in [5, 5.41) is 25.5. The Kier molecular flexibility index (Phi) is 7.48. The second kappa shape index (κ2) is 10.2. The van der Waals surface area contributed by atoms with Crippen molar-refractivity contribution in [2.24, 2.45) is 46.3 Å². The third kappa shape index (κ3) is 4.52. The molecule has 10 atom stereocenters. The minimum atomic E-state index is -0.523. The topological polar surface area (TPSA) is 75.7 Å². The van der Waals surface area contributed by atoms with Gasteiger partial charge in [-0.15, -0.1) is 0 Å². The largest absolute Gasteiger partial charge is 0.393 e. The summed E-state index contributed by atoms with van der Waals surface area (Å²) in [5.74, 6) is 4.68. The van der Waals surface area contributed by atoms with Crippen LogP contribution in [0, 0.1) is 46.3 Å². The van der Waals surface area contributed by atoms with Crippen LogP contribution in [0.2, 0.25) is 0 Å². The molecule has 0 bridgehead atoms. The van der Waals surface area contributed by atoms with Gasteiger partial charge >= 0.3 is 0 Å². The Hall–Kier alpha value is -1.17. The minimum Gasteiger partial charge on any atom is -0.393 e. The molecule has 1 aromatic rings. The lowest BCUT2D eigenvalue weighted by Crippen LogP contribution is -2.54. The van der Waals surface area contributed by atoms with Crippen molar-refractivity contribution in [3.05, 3.63) is 29.7 Å². The van der Waals surface area contributed by atoms with Crippen molar-refractivity contribution in [1.29, 1.82) is 0 Å². The number of rotatable bonds is 8. The zero-order chi connectivity index (χ0) is 25.7. The average Bonchev–Trinajstić information content (AvgIpc) is 3.49. The first-order chi connectivity index (χ1) is 17.1. The lowest BCUT2D eigenvalue weighted by Gasteiger charge is -2.59. The summed E-state index contributed by atoms with van der Waals surface area (Å²) in [5.41, 5.74) is 1.74. The van der Waals surface area contributed by atoms with Crippen LogP contribution in [-0.4, -0.2) is 33.7 Å². The maximum absolute atomic E-state index is 11.4. The monoisotopic (exact) mass is 499 g/mol. The molecule has 5 nitrogen and oxygen atoms in total. The highest BCUT2D eigenvalue weighted by molar-refractivity contribution is 5.29. The fraction of sp³-hybridized carbons (Fsp3) is 0.839. The molecule has 36 heavy (non-hydrogen) atoms. The van der Waals surface area contributed by atoms with Gasteiger partial charge in [-0.1, -0.05) is 45.9 Å². The molecule has 0 spiro atoms. The smallest absolute Gasteiger partial charge is 0.162 e. The van der Waals surface area contributed by atoms with E-state index in [1.54, 1.807) is 6.20 Å². The average molecular weight is 500 g/mol. The van der Waals surface area contributed by atoms with Crippen molar-refractivity contribution in [2.75, 3.05) is 0 Å². The normalized spacial score (nSPS) is 41.8. The Morgan fingerprint density at radius 1 is 1.08 bits per heavy atom. The van der Waals surface area contributed by atoms with E-state index in [0.717, 1.165) is 49.9 Å². The number of aromatic nitrogens is 1. The highest BCUT2D eigenvalue weighted by Gasteiger charge is 2.60. The molecule has 0 aliphatic heterocycles. The Labute approximate surface area is 218 Å². The van der Waals surface area contributed by atoms with E-state index in [-0.39, 0.29) is 17.6 Å². The summed E-state index contributed by atoms with van der Waals surface area (Å²) in [6.45, 7) is 12.1. The van der Waals surface area contributed by atoms with Gasteiger partial charge in [0.2, 0.25) is 0 Å². The van der Waals surface area contributed by atoms with Crippen molar-refractivity contribution in [1.82, 2.24) is 5.16 Å². The maximum atomic E-state index is 11.4. The van der Waals surface area contributed by atoms with Gasteiger partial charge in [-0.25, -0.2) is 0 Å². The molecule has 0 saturated heterocycles. The van der Waals surface area contributed by atoms with Gasteiger partial charge in [-0.3, -0.25) is 0 Å². The standard InChI is InChI=1S/C31H49NO4/c1-19(2)27(33)11-6-20(3)23-9-10-24-22-7-8-26-29(34)28(35-18-21-14-17-32-36-21)13-16-31(26,5)25(22)12-15-30(23,24)4/h8,14,17,19-20,22-25,27-29,33-34H,6-7,9-13,15-16,18H2,1-5H3/t20-,22+,23-,24+,25+,27-,28+,29-,30-,31-/m1/s1. The number of hydrogen-bond acceptors (Lipinski definition) is 5. The molecule has 1 heterocycles. The van der Waals surface area contributed by atoms with Gasteiger partial charge in [0.05, 0.1) is 18.4 Å². The number of nitrogens with zero attached hydrogens (tertiary/aromatic N) is 1. The van der Waals surface area contributed by atoms with Crippen LogP contribution in [0.25, 0.3) is 0 Å². The molecular weight excluding hydrogens is 450 g/mol. The first-order valence-electron chi connectivity index (χ1n) is 14.7. The van der Waals surface area contributed by atoms with E-state index in [9.17, 15) is 10.2 Å². The lowest BCUT2D eigenvalue weighted by atomic mass is 9.46. The minimum absolute atomic E-state index is 0.0842. The Balaban J connectivity index is 1.27. The van der Waals surface area contributed by atoms with Gasteiger partial charge < -0.3 is 19.5 Å². The molecule has 5 heteroatoms. The van der Waals surface area contributed by atoms with Gasteiger partial charge in [0.15, 0.2) is 5.76 Å².